The van der Waals surface area contributed by atoms with E-state index in [0.29, 0.717) is 23.9 Å². The summed E-state index contributed by atoms with van der Waals surface area (Å²) in [6.45, 7) is 17.9. The topological polar surface area (TPSA) is 100 Å². The molecule has 0 aliphatic rings. The maximum Gasteiger partial charge on any atom is 0.276 e. The average Bonchev–Trinajstić information content (AvgIpc) is 3.13. The molecule has 0 radical (unpaired) electrons. The number of methoxy groups -OCH3 is 2. The number of alkyl halides is 2. The lowest BCUT2D eigenvalue weighted by Crippen LogP contribution is -2.16. The van der Waals surface area contributed by atoms with E-state index in [1.165, 1.54) is 6.92 Å². The fourth-order valence-corrected chi connectivity index (χ4v) is 5.55. The highest BCUT2D eigenvalue weighted by molar-refractivity contribution is 8.11. The van der Waals surface area contributed by atoms with Crippen molar-refractivity contribution in [2.45, 2.75) is 94.5 Å². The SMILES string of the molecule is CC.CCC(C)=C(CO)SC(=C(C)CC)c1cnc(NC(=C/C(NCc2ccc(OC)cc2OC)=C(\C)CC)/N=C(\C)C(F)F)cc1NC. The van der Waals surface area contributed by atoms with E-state index in [1.807, 2.05) is 65.9 Å². The van der Waals surface area contributed by atoms with Gasteiger partial charge < -0.3 is 30.5 Å². The molecule has 0 spiro atoms. The van der Waals surface area contributed by atoms with Crippen molar-refractivity contribution >= 4 is 33.9 Å². The van der Waals surface area contributed by atoms with E-state index in [0.717, 1.165) is 68.3 Å². The van der Waals surface area contributed by atoms with Crippen molar-refractivity contribution in [2.24, 2.45) is 4.99 Å². The summed E-state index contributed by atoms with van der Waals surface area (Å²) >= 11 is 1.55. The van der Waals surface area contributed by atoms with Crippen LogP contribution in [0.15, 0.2) is 74.7 Å². The molecule has 0 aliphatic carbocycles. The Morgan fingerprint density at radius 1 is 0.980 bits per heavy atom. The molecule has 11 heteroatoms. The predicted molar refractivity (Wildman–Crippen MR) is 206 cm³/mol. The second kappa shape index (κ2) is 22.7. The number of benzene rings is 1. The average molecular weight is 702 g/mol. The van der Waals surface area contributed by atoms with Gasteiger partial charge in [0.2, 0.25) is 0 Å². The molecule has 0 unspecified atom stereocenters. The molecule has 2 aromatic rings. The first-order valence-electron chi connectivity index (χ1n) is 16.8. The molecule has 4 N–H and O–H groups in total. The lowest BCUT2D eigenvalue weighted by atomic mass is 10.1. The number of pyridine rings is 1. The van der Waals surface area contributed by atoms with E-state index < -0.39 is 6.43 Å². The lowest BCUT2D eigenvalue weighted by molar-refractivity contribution is 0.225. The lowest BCUT2D eigenvalue weighted by Gasteiger charge is -2.19. The van der Waals surface area contributed by atoms with Gasteiger partial charge in [-0.15, -0.1) is 0 Å². The molecule has 0 saturated carbocycles. The maximum absolute atomic E-state index is 13.7. The smallest absolute Gasteiger partial charge is 0.276 e. The van der Waals surface area contributed by atoms with E-state index in [2.05, 4.69) is 46.7 Å². The van der Waals surface area contributed by atoms with Crippen LogP contribution in [0.25, 0.3) is 4.91 Å². The van der Waals surface area contributed by atoms with Crippen molar-refractivity contribution in [1.29, 1.82) is 0 Å². The summed E-state index contributed by atoms with van der Waals surface area (Å²) < 4.78 is 38.3. The zero-order valence-electron chi connectivity index (χ0n) is 31.4. The highest BCUT2D eigenvalue weighted by Gasteiger charge is 2.17. The first kappa shape index (κ1) is 43.2. The van der Waals surface area contributed by atoms with E-state index in [-0.39, 0.29) is 18.1 Å². The van der Waals surface area contributed by atoms with Crippen LogP contribution in [-0.2, 0) is 6.54 Å². The first-order chi connectivity index (χ1) is 23.5. The molecule has 1 aromatic heterocycles. The molecule has 2 rings (SSSR count). The number of hydrogen-bond acceptors (Lipinski definition) is 9. The van der Waals surface area contributed by atoms with Crippen molar-refractivity contribution in [2.75, 3.05) is 38.5 Å². The van der Waals surface area contributed by atoms with Gasteiger partial charge in [-0.2, -0.15) is 0 Å². The molecule has 272 valence electrons. The monoisotopic (exact) mass is 701 g/mol. The number of halogens is 2. The summed E-state index contributed by atoms with van der Waals surface area (Å²) in [5.74, 6) is 1.99. The van der Waals surface area contributed by atoms with Crippen LogP contribution in [0.1, 0.15) is 92.7 Å². The van der Waals surface area contributed by atoms with Gasteiger partial charge >= 0.3 is 0 Å². The van der Waals surface area contributed by atoms with Crippen LogP contribution in [-0.4, -0.2) is 50.1 Å². The summed E-state index contributed by atoms with van der Waals surface area (Å²) in [4.78, 5) is 10.9. The van der Waals surface area contributed by atoms with Gasteiger partial charge in [0.15, 0.2) is 0 Å². The minimum atomic E-state index is -2.72. The molecular formula is C38H57F2N5O3S. The second-order valence-electron chi connectivity index (χ2n) is 10.9. The van der Waals surface area contributed by atoms with Crippen molar-refractivity contribution in [3.05, 3.63) is 80.8 Å². The summed E-state index contributed by atoms with van der Waals surface area (Å²) in [6.07, 6.45) is 3.16. The molecule has 1 aromatic carbocycles. The van der Waals surface area contributed by atoms with Crippen LogP contribution < -0.4 is 25.4 Å². The van der Waals surface area contributed by atoms with Crippen LogP contribution in [0, 0.1) is 0 Å². The Labute approximate surface area is 297 Å². The van der Waals surface area contributed by atoms with E-state index in [4.69, 9.17) is 9.47 Å². The molecule has 8 nitrogen and oxygen atoms in total. The van der Waals surface area contributed by atoms with E-state index >= 15 is 0 Å². The zero-order chi connectivity index (χ0) is 37.1. The third-order valence-electron chi connectivity index (χ3n) is 7.81. The number of aliphatic hydroxyl groups is 1. The molecule has 1 heterocycles. The molecular weight excluding hydrogens is 645 g/mol. The molecule has 0 fully saturated rings. The highest BCUT2D eigenvalue weighted by Crippen LogP contribution is 2.41. The van der Waals surface area contributed by atoms with Gasteiger partial charge in [-0.1, -0.05) is 63.1 Å². The minimum Gasteiger partial charge on any atom is -0.497 e. The maximum atomic E-state index is 13.7. The number of nitrogens with zero attached hydrogens (tertiary/aromatic N) is 2. The highest BCUT2D eigenvalue weighted by atomic mass is 32.2. The number of hydrogen-bond donors (Lipinski definition) is 4. The standard InChI is InChI=1S/C36H51F2N5O3S.C2H6/c1-11-22(4)29(40-19-26-14-15-27(45-9)16-31(26)46-10)17-34(42-25(7)36(37)38)43-33-18-30(39-8)28(20-41-33)35(24(6)13-3)47-32(21-44)23(5)12-2;1-2/h14-18,20,36,40,44H,11-13,19,21H2,1-10H3,(H2,39,41,43);1-2H3/b29-22-,32-23?,34-17+,35-24?,42-25+;. The Balaban J connectivity index is 0.00000589. The number of ether oxygens (including phenoxy) is 2. The zero-order valence-corrected chi connectivity index (χ0v) is 32.2. The van der Waals surface area contributed by atoms with Gasteiger partial charge in [0.1, 0.15) is 23.1 Å². The van der Waals surface area contributed by atoms with E-state index in [1.54, 1.807) is 38.3 Å². The Hall–Kier alpha value is -3.83. The van der Waals surface area contributed by atoms with Crippen LogP contribution in [0.2, 0.25) is 0 Å². The first-order valence-corrected chi connectivity index (χ1v) is 17.6. The predicted octanol–water partition coefficient (Wildman–Crippen LogP) is 10.2. The Morgan fingerprint density at radius 3 is 2.16 bits per heavy atom. The van der Waals surface area contributed by atoms with Gasteiger partial charge in [-0.3, -0.25) is 0 Å². The number of aliphatic hydroxyl groups excluding tert-OH is 1. The molecule has 49 heavy (non-hydrogen) atoms. The number of rotatable bonds is 18. The van der Waals surface area contributed by atoms with Crippen molar-refractivity contribution in [1.82, 2.24) is 10.3 Å². The number of aliphatic imine (C=N–C) groups is 1. The van der Waals surface area contributed by atoms with E-state index in [9.17, 15) is 13.9 Å². The van der Waals surface area contributed by atoms with Gasteiger partial charge in [0.05, 0.1) is 26.5 Å². The van der Waals surface area contributed by atoms with Crippen LogP contribution in [0.3, 0.4) is 0 Å². The number of nitrogens with one attached hydrogen (secondary N) is 3. The second-order valence-corrected chi connectivity index (χ2v) is 12.0. The summed E-state index contributed by atoms with van der Waals surface area (Å²) in [5.41, 5.74) is 6.29. The minimum absolute atomic E-state index is 0.0469. The molecule has 0 atom stereocenters. The fourth-order valence-electron chi connectivity index (χ4n) is 4.33. The number of allylic oxidation sites excluding steroid dienone is 4. The van der Waals surface area contributed by atoms with Gasteiger partial charge in [-0.05, 0) is 59.1 Å². The molecule has 0 amide bonds. The van der Waals surface area contributed by atoms with Crippen molar-refractivity contribution < 1.29 is 23.4 Å². The van der Waals surface area contributed by atoms with Crippen LogP contribution in [0.4, 0.5) is 20.3 Å². The summed E-state index contributed by atoms with van der Waals surface area (Å²) in [6, 6.07) is 7.42. The number of aromatic nitrogens is 1. The Bertz CT molecular complexity index is 1520. The Kier molecular flexibility index (Phi) is 20.0. The Morgan fingerprint density at radius 2 is 1.63 bits per heavy atom. The normalized spacial score (nSPS) is 13.5. The van der Waals surface area contributed by atoms with Gasteiger partial charge in [0, 0.05) is 70.3 Å². The van der Waals surface area contributed by atoms with Gasteiger partial charge in [0.25, 0.3) is 6.43 Å². The quantitative estimate of drug-likeness (QED) is 0.0900. The van der Waals surface area contributed by atoms with Crippen molar-refractivity contribution in [3.63, 3.8) is 0 Å². The molecule has 0 bridgehead atoms. The third-order valence-corrected chi connectivity index (χ3v) is 9.31. The summed E-state index contributed by atoms with van der Waals surface area (Å²) in [7, 11) is 5.02. The molecule has 0 aliphatic heterocycles. The van der Waals surface area contributed by atoms with Crippen molar-refractivity contribution in [3.8, 4) is 11.5 Å². The number of thioether (sulfide) groups is 1. The van der Waals surface area contributed by atoms with Crippen LogP contribution in [0.5, 0.6) is 11.5 Å². The van der Waals surface area contributed by atoms with Gasteiger partial charge in [-0.25, -0.2) is 18.8 Å². The summed E-state index contributed by atoms with van der Waals surface area (Å²) in [5, 5.41) is 20.0. The third kappa shape index (κ3) is 13.2. The number of anilines is 2. The largest absolute Gasteiger partial charge is 0.497 e. The molecule has 0 saturated heterocycles. The fraction of sp³-hybridized carbons (Fsp3) is 0.474. The van der Waals surface area contributed by atoms with Crippen LogP contribution >= 0.6 is 11.8 Å².